The second-order valence-corrected chi connectivity index (χ2v) is 5.61. The van der Waals surface area contributed by atoms with E-state index >= 15 is 0 Å². The van der Waals surface area contributed by atoms with Gasteiger partial charge in [-0.05, 0) is 43.7 Å². The van der Waals surface area contributed by atoms with Gasteiger partial charge in [0.1, 0.15) is 0 Å². The minimum Gasteiger partial charge on any atom is -0.327 e. The van der Waals surface area contributed by atoms with E-state index in [0.29, 0.717) is 12.0 Å². The van der Waals surface area contributed by atoms with Crippen LogP contribution in [0.5, 0.6) is 0 Å². The highest BCUT2D eigenvalue weighted by Crippen LogP contribution is 2.20. The summed E-state index contributed by atoms with van der Waals surface area (Å²) >= 11 is 0. The average molecular weight is 247 g/mol. The third-order valence-corrected chi connectivity index (χ3v) is 4.02. The van der Waals surface area contributed by atoms with Gasteiger partial charge < -0.3 is 5.73 Å². The highest BCUT2D eigenvalue weighted by atomic mass is 14.6. The molecule has 1 nitrogen and oxygen atoms in total. The second kappa shape index (κ2) is 7.58. The fourth-order valence-electron chi connectivity index (χ4n) is 2.63. The van der Waals surface area contributed by atoms with Gasteiger partial charge in [-0.15, -0.1) is 0 Å². The molecule has 2 unspecified atom stereocenters. The molecule has 0 bridgehead atoms. The summed E-state index contributed by atoms with van der Waals surface area (Å²) in [5, 5.41) is 0. The Hall–Kier alpha value is -0.820. The van der Waals surface area contributed by atoms with E-state index in [1.165, 1.54) is 42.4 Å². The monoisotopic (exact) mass is 247 g/mol. The first-order valence-electron chi connectivity index (χ1n) is 7.40. The lowest BCUT2D eigenvalue weighted by atomic mass is 9.87. The highest BCUT2D eigenvalue weighted by molar-refractivity contribution is 5.31. The fraction of sp³-hybridized carbons (Fsp3) is 0.647. The van der Waals surface area contributed by atoms with Crippen molar-refractivity contribution >= 4 is 0 Å². The van der Waals surface area contributed by atoms with Crippen molar-refractivity contribution in [3.05, 3.63) is 34.9 Å². The molecule has 102 valence electrons. The first-order chi connectivity index (χ1) is 8.58. The van der Waals surface area contributed by atoms with Crippen LogP contribution in [0, 0.1) is 19.8 Å². The van der Waals surface area contributed by atoms with Crippen molar-refractivity contribution in [1.82, 2.24) is 0 Å². The van der Waals surface area contributed by atoms with Crippen molar-refractivity contribution in [1.29, 1.82) is 0 Å². The largest absolute Gasteiger partial charge is 0.327 e. The maximum atomic E-state index is 6.42. The lowest BCUT2D eigenvalue weighted by molar-refractivity contribution is 0.368. The molecule has 0 amide bonds. The van der Waals surface area contributed by atoms with Crippen molar-refractivity contribution in [3.8, 4) is 0 Å². The summed E-state index contributed by atoms with van der Waals surface area (Å²) in [4.78, 5) is 0. The van der Waals surface area contributed by atoms with E-state index in [9.17, 15) is 0 Å². The third-order valence-electron chi connectivity index (χ3n) is 4.02. The zero-order chi connectivity index (χ0) is 13.5. The summed E-state index contributed by atoms with van der Waals surface area (Å²) in [7, 11) is 0. The molecule has 0 heterocycles. The third kappa shape index (κ3) is 4.45. The van der Waals surface area contributed by atoms with Crippen LogP contribution in [0.25, 0.3) is 0 Å². The van der Waals surface area contributed by atoms with Crippen LogP contribution in [0.15, 0.2) is 18.2 Å². The van der Waals surface area contributed by atoms with Crippen molar-refractivity contribution in [2.45, 2.75) is 65.8 Å². The predicted octanol–water partition coefficient (Wildman–Crippen LogP) is 4.39. The fourth-order valence-corrected chi connectivity index (χ4v) is 2.63. The Morgan fingerprint density at radius 2 is 1.89 bits per heavy atom. The van der Waals surface area contributed by atoms with Crippen LogP contribution in [0.3, 0.4) is 0 Å². The standard InChI is InChI=1S/C17H29N/c1-5-7-8-15(6-2)17(18)12-16-11-13(3)9-10-14(16)4/h9-11,15,17H,5-8,12,18H2,1-4H3. The Bertz CT molecular complexity index is 357. The molecular weight excluding hydrogens is 218 g/mol. The van der Waals surface area contributed by atoms with Gasteiger partial charge in [-0.2, -0.15) is 0 Å². The van der Waals surface area contributed by atoms with E-state index in [1.807, 2.05) is 0 Å². The summed E-state index contributed by atoms with van der Waals surface area (Å²) in [6.07, 6.45) is 6.08. The maximum Gasteiger partial charge on any atom is 0.0108 e. The van der Waals surface area contributed by atoms with Gasteiger partial charge in [-0.25, -0.2) is 0 Å². The summed E-state index contributed by atoms with van der Waals surface area (Å²) < 4.78 is 0. The molecule has 1 heteroatoms. The molecule has 1 aromatic carbocycles. The molecule has 18 heavy (non-hydrogen) atoms. The first-order valence-corrected chi connectivity index (χ1v) is 7.40. The van der Waals surface area contributed by atoms with Gasteiger partial charge in [0.2, 0.25) is 0 Å². The smallest absolute Gasteiger partial charge is 0.0108 e. The zero-order valence-electron chi connectivity index (χ0n) is 12.5. The lowest BCUT2D eigenvalue weighted by Gasteiger charge is -2.23. The molecule has 0 spiro atoms. The molecular formula is C17H29N. The molecule has 0 aliphatic carbocycles. The van der Waals surface area contributed by atoms with E-state index in [4.69, 9.17) is 5.73 Å². The van der Waals surface area contributed by atoms with Gasteiger partial charge in [0, 0.05) is 6.04 Å². The number of hydrogen-bond acceptors (Lipinski definition) is 1. The quantitative estimate of drug-likeness (QED) is 0.760. The number of rotatable bonds is 7. The minimum atomic E-state index is 0.307. The van der Waals surface area contributed by atoms with Gasteiger partial charge in [0.05, 0.1) is 0 Å². The summed E-state index contributed by atoms with van der Waals surface area (Å²) in [5.74, 6) is 0.671. The van der Waals surface area contributed by atoms with Crippen LogP contribution in [-0.4, -0.2) is 6.04 Å². The molecule has 0 aliphatic rings. The summed E-state index contributed by atoms with van der Waals surface area (Å²) in [6.45, 7) is 8.86. The van der Waals surface area contributed by atoms with Crippen LogP contribution >= 0.6 is 0 Å². The SMILES string of the molecule is CCCCC(CC)C(N)Cc1cc(C)ccc1C. The Kier molecular flexibility index (Phi) is 6.42. The number of nitrogens with two attached hydrogens (primary N) is 1. The Morgan fingerprint density at radius 1 is 1.17 bits per heavy atom. The van der Waals surface area contributed by atoms with Gasteiger partial charge in [-0.3, -0.25) is 0 Å². The van der Waals surface area contributed by atoms with E-state index in [-0.39, 0.29) is 0 Å². The van der Waals surface area contributed by atoms with Gasteiger partial charge >= 0.3 is 0 Å². The topological polar surface area (TPSA) is 26.0 Å². The first kappa shape index (κ1) is 15.2. The van der Waals surface area contributed by atoms with Crippen molar-refractivity contribution in [2.75, 3.05) is 0 Å². The predicted molar refractivity (Wildman–Crippen MR) is 80.9 cm³/mol. The highest BCUT2D eigenvalue weighted by Gasteiger charge is 2.16. The Labute approximate surface area is 113 Å². The second-order valence-electron chi connectivity index (χ2n) is 5.61. The Balaban J connectivity index is 2.66. The number of hydrogen-bond donors (Lipinski definition) is 1. The Morgan fingerprint density at radius 3 is 2.50 bits per heavy atom. The zero-order valence-corrected chi connectivity index (χ0v) is 12.5. The summed E-state index contributed by atoms with van der Waals surface area (Å²) in [6, 6.07) is 6.99. The summed E-state index contributed by atoms with van der Waals surface area (Å²) in [5.41, 5.74) is 10.6. The molecule has 0 saturated heterocycles. The van der Waals surface area contributed by atoms with Gasteiger partial charge in [0.25, 0.3) is 0 Å². The van der Waals surface area contributed by atoms with Gasteiger partial charge in [0.15, 0.2) is 0 Å². The van der Waals surface area contributed by atoms with Crippen LogP contribution in [-0.2, 0) is 6.42 Å². The van der Waals surface area contributed by atoms with E-state index in [0.717, 1.165) is 6.42 Å². The molecule has 0 radical (unpaired) electrons. The average Bonchev–Trinajstić information content (AvgIpc) is 2.35. The van der Waals surface area contributed by atoms with Gasteiger partial charge in [-0.1, -0.05) is 56.9 Å². The molecule has 0 fully saturated rings. The van der Waals surface area contributed by atoms with E-state index in [1.54, 1.807) is 0 Å². The van der Waals surface area contributed by atoms with Crippen LogP contribution < -0.4 is 5.73 Å². The minimum absolute atomic E-state index is 0.307. The maximum absolute atomic E-state index is 6.42. The number of benzene rings is 1. The molecule has 1 aromatic rings. The molecule has 0 aliphatic heterocycles. The van der Waals surface area contributed by atoms with Crippen LogP contribution in [0.2, 0.25) is 0 Å². The number of aryl methyl sites for hydroxylation is 2. The number of unbranched alkanes of at least 4 members (excludes halogenated alkanes) is 1. The van der Waals surface area contributed by atoms with Crippen LogP contribution in [0.1, 0.15) is 56.2 Å². The van der Waals surface area contributed by atoms with Crippen LogP contribution in [0.4, 0.5) is 0 Å². The molecule has 2 N–H and O–H groups in total. The van der Waals surface area contributed by atoms with E-state index in [2.05, 4.69) is 45.9 Å². The molecule has 2 atom stereocenters. The van der Waals surface area contributed by atoms with E-state index < -0.39 is 0 Å². The van der Waals surface area contributed by atoms with Crippen molar-refractivity contribution < 1.29 is 0 Å². The normalized spacial score (nSPS) is 14.5. The molecule has 1 rings (SSSR count). The van der Waals surface area contributed by atoms with Crippen molar-refractivity contribution in [2.24, 2.45) is 11.7 Å². The van der Waals surface area contributed by atoms with Crippen molar-refractivity contribution in [3.63, 3.8) is 0 Å². The lowest BCUT2D eigenvalue weighted by Crippen LogP contribution is -2.32. The molecule has 0 saturated carbocycles. The molecule has 0 aromatic heterocycles.